The van der Waals surface area contributed by atoms with E-state index >= 15 is 0 Å². The molecule has 0 saturated heterocycles. The minimum absolute atomic E-state index is 0.357. The third-order valence-electron chi connectivity index (χ3n) is 2.65. The Hall–Kier alpha value is -2.98. The summed E-state index contributed by atoms with van der Waals surface area (Å²) in [5, 5.41) is 15.3. The average molecular weight is 311 g/mol. The van der Waals surface area contributed by atoms with Crippen LogP contribution >= 0.6 is 0 Å². The van der Waals surface area contributed by atoms with Gasteiger partial charge in [0.25, 0.3) is 0 Å². The topological polar surface area (TPSA) is 83.5 Å². The zero-order chi connectivity index (χ0) is 15.7. The number of alkyl halides is 3. The fourth-order valence-corrected chi connectivity index (χ4v) is 1.71. The van der Waals surface area contributed by atoms with Crippen molar-refractivity contribution in [2.75, 3.05) is 0 Å². The van der Waals surface area contributed by atoms with E-state index < -0.39 is 12.1 Å². The second-order valence-electron chi connectivity index (χ2n) is 4.19. The highest BCUT2D eigenvalue weighted by Gasteiger charge is 2.31. The summed E-state index contributed by atoms with van der Waals surface area (Å²) < 4.78 is 42.9. The van der Waals surface area contributed by atoms with Crippen LogP contribution in [0.1, 0.15) is 0 Å². The van der Waals surface area contributed by atoms with Crippen LogP contribution in [0.3, 0.4) is 0 Å². The normalized spacial score (nSPS) is 11.6. The molecule has 0 spiro atoms. The molecule has 0 unspecified atom stereocenters. The van der Waals surface area contributed by atoms with Gasteiger partial charge < -0.3 is 4.74 Å². The molecule has 3 aromatic heterocycles. The molecule has 3 heterocycles. The number of pyridine rings is 1. The number of aromatic nitrogens is 7. The maximum absolute atomic E-state index is 12.1. The highest BCUT2D eigenvalue weighted by molar-refractivity contribution is 5.53. The molecule has 0 aromatic carbocycles. The van der Waals surface area contributed by atoms with Crippen LogP contribution in [0.15, 0.2) is 30.7 Å². The zero-order valence-electron chi connectivity index (χ0n) is 11.1. The molecule has 0 aliphatic heterocycles. The first-order valence-corrected chi connectivity index (χ1v) is 5.92. The number of nitrogens with zero attached hydrogens (tertiary/aromatic N) is 7. The Bertz CT molecular complexity index is 778. The summed E-state index contributed by atoms with van der Waals surface area (Å²) >= 11 is 0. The fraction of sp³-hybridized carbons (Fsp3) is 0.182. The lowest BCUT2D eigenvalue weighted by molar-refractivity contribution is -0.274. The van der Waals surface area contributed by atoms with Crippen LogP contribution in [0.2, 0.25) is 0 Å². The van der Waals surface area contributed by atoms with E-state index in [-0.39, 0.29) is 0 Å². The molecule has 11 heteroatoms. The molecule has 0 radical (unpaired) electrons. The van der Waals surface area contributed by atoms with Crippen molar-refractivity contribution in [3.05, 3.63) is 30.7 Å². The van der Waals surface area contributed by atoms with Crippen LogP contribution in [-0.4, -0.2) is 41.3 Å². The summed E-state index contributed by atoms with van der Waals surface area (Å²) in [5.41, 5.74) is 0.746. The van der Waals surface area contributed by atoms with Gasteiger partial charge >= 0.3 is 6.36 Å². The first-order valence-electron chi connectivity index (χ1n) is 5.92. The fourth-order valence-electron chi connectivity index (χ4n) is 1.71. The number of hydrogen-bond donors (Lipinski definition) is 0. The van der Waals surface area contributed by atoms with Crippen LogP contribution < -0.4 is 4.74 Å². The van der Waals surface area contributed by atoms with Gasteiger partial charge in [-0.1, -0.05) is 10.4 Å². The monoisotopic (exact) mass is 311 g/mol. The van der Waals surface area contributed by atoms with Crippen LogP contribution in [0.4, 0.5) is 13.2 Å². The summed E-state index contributed by atoms with van der Waals surface area (Å²) in [6.45, 7) is 0. The van der Waals surface area contributed by atoms with E-state index in [4.69, 9.17) is 0 Å². The molecule has 114 valence electrons. The zero-order valence-corrected chi connectivity index (χ0v) is 11.1. The van der Waals surface area contributed by atoms with E-state index in [1.807, 2.05) is 0 Å². The molecule has 3 aromatic rings. The van der Waals surface area contributed by atoms with E-state index in [1.165, 1.54) is 21.6 Å². The van der Waals surface area contributed by atoms with Crippen LogP contribution in [0.25, 0.3) is 17.2 Å². The van der Waals surface area contributed by atoms with Gasteiger partial charge in [-0.15, -0.1) is 23.4 Å². The van der Waals surface area contributed by atoms with Gasteiger partial charge in [-0.3, -0.25) is 4.98 Å². The third kappa shape index (κ3) is 2.87. The lowest BCUT2D eigenvalue weighted by atomic mass is 10.3. The van der Waals surface area contributed by atoms with Gasteiger partial charge in [-0.05, 0) is 12.1 Å². The highest BCUT2D eigenvalue weighted by Crippen LogP contribution is 2.23. The second kappa shape index (κ2) is 5.09. The molecular weight excluding hydrogens is 303 g/mol. The summed E-state index contributed by atoms with van der Waals surface area (Å²) in [5.74, 6) is 0.176. The maximum Gasteiger partial charge on any atom is 0.573 e. The molecule has 0 bridgehead atoms. The van der Waals surface area contributed by atoms with Crippen molar-refractivity contribution in [1.29, 1.82) is 0 Å². The van der Waals surface area contributed by atoms with Gasteiger partial charge in [0, 0.05) is 7.05 Å². The number of rotatable bonds is 3. The maximum atomic E-state index is 12.1. The largest absolute Gasteiger partial charge is 0.573 e. The van der Waals surface area contributed by atoms with Gasteiger partial charge in [0.2, 0.25) is 0 Å². The molecule has 0 aliphatic rings. The van der Waals surface area contributed by atoms with Crippen molar-refractivity contribution in [2.45, 2.75) is 6.36 Å². The van der Waals surface area contributed by atoms with Crippen molar-refractivity contribution in [3.63, 3.8) is 0 Å². The quantitative estimate of drug-likeness (QED) is 0.726. The summed E-state index contributed by atoms with van der Waals surface area (Å²) in [7, 11) is 1.69. The third-order valence-corrected chi connectivity index (χ3v) is 2.65. The van der Waals surface area contributed by atoms with Crippen molar-refractivity contribution < 1.29 is 17.9 Å². The molecule has 22 heavy (non-hydrogen) atoms. The molecule has 8 nitrogen and oxygen atoms in total. The Labute approximate surface area is 121 Å². The molecular formula is C11H8F3N7O. The predicted molar refractivity (Wildman–Crippen MR) is 65.8 cm³/mol. The number of hydrogen-bond acceptors (Lipinski definition) is 6. The Morgan fingerprint density at radius 3 is 2.50 bits per heavy atom. The molecule has 0 N–H and O–H groups in total. The Morgan fingerprint density at radius 2 is 1.91 bits per heavy atom. The summed E-state index contributed by atoms with van der Waals surface area (Å²) in [6, 6.07) is 2.51. The van der Waals surface area contributed by atoms with Crippen molar-refractivity contribution in [1.82, 2.24) is 35.0 Å². The van der Waals surface area contributed by atoms with Crippen LogP contribution in [0, 0.1) is 0 Å². The van der Waals surface area contributed by atoms with Crippen molar-refractivity contribution in [2.24, 2.45) is 7.05 Å². The molecule has 0 atom stereocenters. The van der Waals surface area contributed by atoms with E-state index in [9.17, 15) is 13.2 Å². The smallest absolute Gasteiger partial charge is 0.404 e. The van der Waals surface area contributed by atoms with Gasteiger partial charge in [0.05, 0.1) is 24.3 Å². The van der Waals surface area contributed by atoms with E-state index in [0.717, 1.165) is 12.3 Å². The highest BCUT2D eigenvalue weighted by atomic mass is 19.4. The minimum atomic E-state index is -4.75. The number of halogens is 3. The predicted octanol–water partition coefficient (Wildman–Crippen LogP) is 1.36. The number of aryl methyl sites for hydroxylation is 1. The standard InChI is InChI=1S/C11H8F3N7O/c1-20-10(5-16-18-20)21-6-9(17-19-21)8-3-2-7(4-15-8)22-11(12,13)14/h2-6H,1H3. The van der Waals surface area contributed by atoms with E-state index in [1.54, 1.807) is 13.2 Å². The van der Waals surface area contributed by atoms with Gasteiger partial charge in [0.15, 0.2) is 5.82 Å². The minimum Gasteiger partial charge on any atom is -0.404 e. The Morgan fingerprint density at radius 1 is 1.09 bits per heavy atom. The Kier molecular flexibility index (Phi) is 3.23. The first kappa shape index (κ1) is 14.0. The van der Waals surface area contributed by atoms with Crippen LogP contribution in [0.5, 0.6) is 5.75 Å². The lowest BCUT2D eigenvalue weighted by Crippen LogP contribution is -2.17. The second-order valence-corrected chi connectivity index (χ2v) is 4.19. The summed E-state index contributed by atoms with van der Waals surface area (Å²) in [4.78, 5) is 3.87. The van der Waals surface area contributed by atoms with Gasteiger partial charge in [-0.2, -0.15) is 0 Å². The van der Waals surface area contributed by atoms with E-state index in [0.29, 0.717) is 17.2 Å². The Balaban J connectivity index is 1.83. The molecule has 3 rings (SSSR count). The lowest BCUT2D eigenvalue weighted by Gasteiger charge is -2.07. The van der Waals surface area contributed by atoms with Gasteiger partial charge in [0.1, 0.15) is 11.4 Å². The van der Waals surface area contributed by atoms with Crippen molar-refractivity contribution >= 4 is 0 Å². The van der Waals surface area contributed by atoms with Gasteiger partial charge in [-0.25, -0.2) is 9.36 Å². The van der Waals surface area contributed by atoms with E-state index in [2.05, 4.69) is 30.3 Å². The van der Waals surface area contributed by atoms with Crippen molar-refractivity contribution in [3.8, 4) is 23.0 Å². The molecule has 0 saturated carbocycles. The average Bonchev–Trinajstić information content (AvgIpc) is 3.06. The summed E-state index contributed by atoms with van der Waals surface area (Å²) in [6.07, 6.45) is -0.732. The molecule has 0 aliphatic carbocycles. The molecule has 0 fully saturated rings. The molecule has 0 amide bonds. The SMILES string of the molecule is Cn1nncc1-n1cc(-c2ccc(OC(F)(F)F)cn2)nn1. The van der Waals surface area contributed by atoms with Crippen LogP contribution in [-0.2, 0) is 7.05 Å². The number of ether oxygens (including phenoxy) is 1. The first-order chi connectivity index (χ1) is 10.4.